The smallest absolute Gasteiger partial charge is 0.323 e. The summed E-state index contributed by atoms with van der Waals surface area (Å²) in [6.45, 7) is 8.68. The van der Waals surface area contributed by atoms with Gasteiger partial charge in [-0.3, -0.25) is 4.79 Å². The number of hydrogen-bond donors (Lipinski definition) is 2. The highest BCUT2D eigenvalue weighted by molar-refractivity contribution is 6.00. The molecule has 232 valence electrons. The van der Waals surface area contributed by atoms with E-state index in [2.05, 4.69) is 34.4 Å². The topological polar surface area (TPSA) is 125 Å². The Labute approximate surface area is 257 Å². The Bertz CT molecular complexity index is 1400. The van der Waals surface area contributed by atoms with Crippen LogP contribution in [0.15, 0.2) is 48.5 Å². The van der Waals surface area contributed by atoms with Crippen LogP contribution < -0.4 is 15.5 Å². The van der Waals surface area contributed by atoms with E-state index in [0.717, 1.165) is 50.4 Å². The fourth-order valence-electron chi connectivity index (χ4n) is 5.85. The molecule has 1 unspecified atom stereocenters. The predicted molar refractivity (Wildman–Crippen MR) is 168 cm³/mol. The van der Waals surface area contributed by atoms with E-state index in [4.69, 9.17) is 24.4 Å². The summed E-state index contributed by atoms with van der Waals surface area (Å²) >= 11 is 0. The third kappa shape index (κ3) is 7.15. The molecule has 3 aliphatic rings. The van der Waals surface area contributed by atoms with Crippen molar-refractivity contribution in [2.24, 2.45) is 0 Å². The number of aromatic nitrogens is 3. The van der Waals surface area contributed by atoms with E-state index in [1.807, 2.05) is 29.2 Å². The van der Waals surface area contributed by atoms with E-state index < -0.39 is 0 Å². The minimum atomic E-state index is -0.374. The van der Waals surface area contributed by atoms with Gasteiger partial charge in [0.05, 0.1) is 13.2 Å². The Balaban J connectivity index is 1.10. The van der Waals surface area contributed by atoms with Crippen LogP contribution in [-0.2, 0) is 9.47 Å². The van der Waals surface area contributed by atoms with Gasteiger partial charge < -0.3 is 34.8 Å². The zero-order chi connectivity index (χ0) is 30.5. The average molecular weight is 601 g/mol. The molecule has 0 aliphatic carbocycles. The molecule has 0 bridgehead atoms. The molecule has 3 aromatic rings. The van der Waals surface area contributed by atoms with Gasteiger partial charge in [-0.05, 0) is 75.3 Å². The summed E-state index contributed by atoms with van der Waals surface area (Å²) in [4.78, 5) is 46.6. The van der Waals surface area contributed by atoms with Gasteiger partial charge in [0, 0.05) is 80.4 Å². The number of morpholine rings is 1. The van der Waals surface area contributed by atoms with E-state index in [1.54, 1.807) is 24.3 Å². The first-order chi connectivity index (χ1) is 21.4. The average Bonchev–Trinajstić information content (AvgIpc) is 3.06. The van der Waals surface area contributed by atoms with E-state index in [9.17, 15) is 9.59 Å². The lowest BCUT2D eigenvalue weighted by atomic mass is 9.99. The van der Waals surface area contributed by atoms with Crippen molar-refractivity contribution in [3.63, 3.8) is 0 Å². The third-order valence-corrected chi connectivity index (χ3v) is 8.40. The van der Waals surface area contributed by atoms with Gasteiger partial charge in [-0.1, -0.05) is 0 Å². The molecule has 4 heterocycles. The van der Waals surface area contributed by atoms with E-state index in [0.29, 0.717) is 61.7 Å². The SMILES string of the molecule is CC1CN(C)CCN1C(=O)c1ccc(NC(=O)Nc2ccc(-c3nc(C4CCOCC4)nc(N4CCOCC4)n3)cc2)cc1. The largest absolute Gasteiger partial charge is 0.381 e. The van der Waals surface area contributed by atoms with Crippen molar-refractivity contribution in [1.82, 2.24) is 24.8 Å². The normalized spacial score (nSPS) is 19.9. The van der Waals surface area contributed by atoms with Gasteiger partial charge in [0.2, 0.25) is 5.95 Å². The van der Waals surface area contributed by atoms with E-state index in [-0.39, 0.29) is 23.9 Å². The Hall–Kier alpha value is -4.13. The number of nitrogens with one attached hydrogen (secondary N) is 2. The molecule has 44 heavy (non-hydrogen) atoms. The molecule has 0 saturated carbocycles. The van der Waals surface area contributed by atoms with Crippen molar-refractivity contribution in [1.29, 1.82) is 0 Å². The van der Waals surface area contributed by atoms with Gasteiger partial charge in [0.25, 0.3) is 5.91 Å². The third-order valence-electron chi connectivity index (χ3n) is 8.40. The number of ether oxygens (including phenoxy) is 2. The molecule has 1 aromatic heterocycles. The van der Waals surface area contributed by atoms with Gasteiger partial charge in [0.15, 0.2) is 5.82 Å². The molecule has 2 N–H and O–H groups in total. The molecule has 0 spiro atoms. The Morgan fingerprint density at radius 2 is 1.43 bits per heavy atom. The number of likely N-dealkylation sites (N-methyl/N-ethyl adjacent to an activating group) is 1. The summed E-state index contributed by atoms with van der Waals surface area (Å²) in [6, 6.07) is 14.3. The van der Waals surface area contributed by atoms with Crippen molar-refractivity contribution in [2.45, 2.75) is 31.7 Å². The van der Waals surface area contributed by atoms with Crippen molar-refractivity contribution >= 4 is 29.3 Å². The summed E-state index contributed by atoms with van der Waals surface area (Å²) in [5, 5.41) is 5.72. The van der Waals surface area contributed by atoms with Crippen LogP contribution in [0.2, 0.25) is 0 Å². The number of benzene rings is 2. The fraction of sp³-hybridized carbons (Fsp3) is 0.469. The lowest BCUT2D eigenvalue weighted by molar-refractivity contribution is 0.0533. The van der Waals surface area contributed by atoms with Crippen LogP contribution in [0.4, 0.5) is 22.1 Å². The van der Waals surface area contributed by atoms with Crippen molar-refractivity contribution in [2.75, 3.05) is 81.7 Å². The van der Waals surface area contributed by atoms with Crippen LogP contribution in [0.1, 0.15) is 41.9 Å². The summed E-state index contributed by atoms with van der Waals surface area (Å²) < 4.78 is 11.1. The van der Waals surface area contributed by atoms with Crippen LogP contribution in [0.25, 0.3) is 11.4 Å². The van der Waals surface area contributed by atoms with E-state index in [1.165, 1.54) is 0 Å². The quantitative estimate of drug-likeness (QED) is 0.436. The number of piperazine rings is 1. The van der Waals surface area contributed by atoms with Gasteiger partial charge in [-0.25, -0.2) is 9.78 Å². The highest BCUT2D eigenvalue weighted by Crippen LogP contribution is 2.28. The summed E-state index contributed by atoms with van der Waals surface area (Å²) in [5.74, 6) is 2.33. The zero-order valence-corrected chi connectivity index (χ0v) is 25.4. The van der Waals surface area contributed by atoms with Crippen molar-refractivity contribution in [3.8, 4) is 11.4 Å². The number of anilines is 3. The molecular weight excluding hydrogens is 560 g/mol. The number of carbonyl (C=O) groups excluding carboxylic acids is 2. The van der Waals surface area contributed by atoms with Crippen molar-refractivity contribution < 1.29 is 19.1 Å². The van der Waals surface area contributed by atoms with Crippen LogP contribution in [0, 0.1) is 0 Å². The summed E-state index contributed by atoms with van der Waals surface area (Å²) in [5.41, 5.74) is 2.69. The second-order valence-electron chi connectivity index (χ2n) is 11.6. The number of amides is 3. The van der Waals surface area contributed by atoms with Crippen LogP contribution in [0.3, 0.4) is 0 Å². The van der Waals surface area contributed by atoms with E-state index >= 15 is 0 Å². The van der Waals surface area contributed by atoms with Crippen molar-refractivity contribution in [3.05, 3.63) is 59.9 Å². The summed E-state index contributed by atoms with van der Waals surface area (Å²) in [6.07, 6.45) is 1.77. The number of rotatable bonds is 6. The van der Waals surface area contributed by atoms with Crippen LogP contribution >= 0.6 is 0 Å². The molecule has 1 atom stereocenters. The molecule has 3 saturated heterocycles. The fourth-order valence-corrected chi connectivity index (χ4v) is 5.85. The molecule has 12 heteroatoms. The molecule has 12 nitrogen and oxygen atoms in total. The maximum Gasteiger partial charge on any atom is 0.323 e. The second kappa shape index (κ2) is 13.7. The standard InChI is InChI=1S/C32H40N8O4/c1-22-21-38(2)13-14-40(22)30(41)25-5-9-27(10-6-25)34-32(42)33-26-7-3-23(4-8-26)28-35-29(24-11-17-43-18-12-24)37-31(36-28)39-15-19-44-20-16-39/h3-10,22,24H,11-21H2,1-2H3,(H2,33,34,42). The Morgan fingerprint density at radius 1 is 0.795 bits per heavy atom. The Morgan fingerprint density at radius 3 is 2.09 bits per heavy atom. The number of carbonyl (C=O) groups is 2. The maximum atomic E-state index is 13.0. The first kappa shape index (κ1) is 29.9. The number of urea groups is 1. The lowest BCUT2D eigenvalue weighted by Gasteiger charge is -2.38. The van der Waals surface area contributed by atoms with Crippen LogP contribution in [-0.4, -0.2) is 109 Å². The molecule has 3 aliphatic heterocycles. The predicted octanol–water partition coefficient (Wildman–Crippen LogP) is 3.69. The lowest BCUT2D eigenvalue weighted by Crippen LogP contribution is -2.52. The molecular formula is C32H40N8O4. The van der Waals surface area contributed by atoms with Gasteiger partial charge in [-0.15, -0.1) is 0 Å². The number of nitrogens with zero attached hydrogens (tertiary/aromatic N) is 6. The Kier molecular flexibility index (Phi) is 9.29. The molecule has 3 fully saturated rings. The minimum absolute atomic E-state index is 0.0109. The second-order valence-corrected chi connectivity index (χ2v) is 11.6. The molecule has 3 amide bonds. The monoisotopic (exact) mass is 600 g/mol. The van der Waals surface area contributed by atoms with Crippen LogP contribution in [0.5, 0.6) is 0 Å². The van der Waals surface area contributed by atoms with Gasteiger partial charge in [-0.2, -0.15) is 9.97 Å². The maximum absolute atomic E-state index is 13.0. The minimum Gasteiger partial charge on any atom is -0.381 e. The highest BCUT2D eigenvalue weighted by Gasteiger charge is 2.27. The van der Waals surface area contributed by atoms with Gasteiger partial charge in [0.1, 0.15) is 5.82 Å². The number of hydrogen-bond acceptors (Lipinski definition) is 9. The zero-order valence-electron chi connectivity index (χ0n) is 25.4. The first-order valence-corrected chi connectivity index (χ1v) is 15.4. The first-order valence-electron chi connectivity index (χ1n) is 15.4. The molecule has 6 rings (SSSR count). The molecule has 2 aromatic carbocycles. The summed E-state index contributed by atoms with van der Waals surface area (Å²) in [7, 11) is 2.07. The van der Waals surface area contributed by atoms with Gasteiger partial charge >= 0.3 is 6.03 Å². The highest BCUT2D eigenvalue weighted by atomic mass is 16.5. The molecule has 0 radical (unpaired) electrons.